The van der Waals surface area contributed by atoms with Gasteiger partial charge in [0, 0.05) is 5.56 Å². The monoisotopic (exact) mass is 290 g/mol. The van der Waals surface area contributed by atoms with Gasteiger partial charge in [-0.2, -0.15) is 0 Å². The Morgan fingerprint density at radius 3 is 2.39 bits per heavy atom. The predicted octanol–water partition coefficient (Wildman–Crippen LogP) is 1.11. The van der Waals surface area contributed by atoms with Gasteiger partial charge < -0.3 is 4.74 Å². The summed E-state index contributed by atoms with van der Waals surface area (Å²) in [5.74, 6) is -3.14. The number of hydrogen-bond donors (Lipinski definition) is 0. The maximum Gasteiger partial charge on any atom is 0.320 e. The maximum atomic E-state index is 11.7. The fraction of sp³-hybridized carbons (Fsp3) is 0.273. The van der Waals surface area contributed by atoms with Crippen LogP contribution in [0.1, 0.15) is 10.4 Å². The molecule has 5 nitrogen and oxygen atoms in total. The van der Waals surface area contributed by atoms with E-state index >= 15 is 0 Å². The van der Waals surface area contributed by atoms with Crippen LogP contribution in [0.5, 0.6) is 0 Å². The lowest BCUT2D eigenvalue weighted by atomic mass is 10.1. The molecule has 0 atom stereocenters. The number of carbonyl (C=O) groups is 2. The molecule has 1 aromatic rings. The molecule has 0 aliphatic carbocycles. The van der Waals surface area contributed by atoms with Crippen LogP contribution in [0, 0.1) is 0 Å². The van der Waals surface area contributed by atoms with Crippen molar-refractivity contribution < 1.29 is 22.7 Å². The number of methoxy groups -OCH3 is 1. The van der Waals surface area contributed by atoms with Crippen molar-refractivity contribution in [3.8, 4) is 0 Å². The Labute approximate surface area is 110 Å². The van der Waals surface area contributed by atoms with E-state index in [9.17, 15) is 18.0 Å². The summed E-state index contributed by atoms with van der Waals surface area (Å²) >= 11 is 5.77. The smallest absolute Gasteiger partial charge is 0.320 e. The Morgan fingerprint density at radius 1 is 1.22 bits per heavy atom. The van der Waals surface area contributed by atoms with Crippen molar-refractivity contribution in [2.75, 3.05) is 18.6 Å². The van der Waals surface area contributed by atoms with Gasteiger partial charge in [-0.1, -0.05) is 23.7 Å². The highest BCUT2D eigenvalue weighted by Crippen LogP contribution is 2.16. The number of Topliss-reactive ketones (excluding diaryl/α,β-unsaturated/α-hetero) is 1. The third-order valence-corrected chi connectivity index (χ3v) is 3.80. The molecular formula is C11H11ClO5S. The molecule has 7 heteroatoms. The second-order valence-electron chi connectivity index (χ2n) is 3.51. The van der Waals surface area contributed by atoms with Crippen LogP contribution in [0.2, 0.25) is 5.02 Å². The first-order valence-electron chi connectivity index (χ1n) is 4.90. The summed E-state index contributed by atoms with van der Waals surface area (Å²) in [6.07, 6.45) is 0. The first kappa shape index (κ1) is 14.7. The average Bonchev–Trinajstić information content (AvgIpc) is 2.27. The zero-order chi connectivity index (χ0) is 13.8. The van der Waals surface area contributed by atoms with E-state index in [0.717, 1.165) is 7.11 Å². The van der Waals surface area contributed by atoms with Crippen molar-refractivity contribution >= 4 is 33.2 Å². The molecule has 0 aromatic heterocycles. The Kier molecular flexibility index (Phi) is 4.86. The van der Waals surface area contributed by atoms with Crippen molar-refractivity contribution in [2.24, 2.45) is 0 Å². The van der Waals surface area contributed by atoms with Gasteiger partial charge in [-0.15, -0.1) is 0 Å². The molecule has 0 aliphatic heterocycles. The zero-order valence-electron chi connectivity index (χ0n) is 9.55. The number of ketones is 1. The SMILES string of the molecule is COC(=O)CS(=O)(=O)CC(=O)c1ccccc1Cl. The quantitative estimate of drug-likeness (QED) is 0.600. The first-order chi connectivity index (χ1) is 8.35. The number of sulfone groups is 1. The van der Waals surface area contributed by atoms with Crippen molar-refractivity contribution in [3.05, 3.63) is 34.9 Å². The van der Waals surface area contributed by atoms with Crippen LogP contribution >= 0.6 is 11.6 Å². The molecule has 1 aromatic carbocycles. The highest BCUT2D eigenvalue weighted by atomic mass is 35.5. The van der Waals surface area contributed by atoms with E-state index in [0.29, 0.717) is 0 Å². The summed E-state index contributed by atoms with van der Waals surface area (Å²) in [6, 6.07) is 6.12. The number of esters is 1. The second-order valence-corrected chi connectivity index (χ2v) is 5.98. The van der Waals surface area contributed by atoms with Crippen LogP contribution in [0.4, 0.5) is 0 Å². The third kappa shape index (κ3) is 4.12. The normalized spacial score (nSPS) is 11.0. The number of rotatable bonds is 5. The summed E-state index contributed by atoms with van der Waals surface area (Å²) in [6.45, 7) is 0. The van der Waals surface area contributed by atoms with Crippen LogP contribution in [0.25, 0.3) is 0 Å². The molecule has 0 amide bonds. The highest BCUT2D eigenvalue weighted by Gasteiger charge is 2.23. The molecule has 1 rings (SSSR count). The van der Waals surface area contributed by atoms with Crippen molar-refractivity contribution in [2.45, 2.75) is 0 Å². The summed E-state index contributed by atoms with van der Waals surface area (Å²) < 4.78 is 27.3. The van der Waals surface area contributed by atoms with E-state index in [2.05, 4.69) is 4.74 Å². The second kappa shape index (κ2) is 5.97. The molecule has 0 aliphatic rings. The van der Waals surface area contributed by atoms with E-state index < -0.39 is 33.1 Å². The van der Waals surface area contributed by atoms with Gasteiger partial charge >= 0.3 is 5.97 Å². The molecule has 0 radical (unpaired) electrons. The fourth-order valence-corrected chi connectivity index (χ4v) is 2.63. The Bertz CT molecular complexity index is 565. The Balaban J connectivity index is 2.83. The standard InChI is InChI=1S/C11H11ClO5S/c1-17-11(14)7-18(15,16)6-10(13)8-4-2-3-5-9(8)12/h2-5H,6-7H2,1H3. The summed E-state index contributed by atoms with van der Waals surface area (Å²) in [7, 11) is -2.76. The summed E-state index contributed by atoms with van der Waals surface area (Å²) in [5.41, 5.74) is 0.118. The number of ether oxygens (including phenoxy) is 1. The van der Waals surface area contributed by atoms with Crippen LogP contribution < -0.4 is 0 Å². The molecule has 0 unspecified atom stereocenters. The molecule has 0 bridgehead atoms. The molecule has 0 saturated heterocycles. The van der Waals surface area contributed by atoms with Crippen molar-refractivity contribution in [1.29, 1.82) is 0 Å². The lowest BCUT2D eigenvalue weighted by Gasteiger charge is -2.04. The van der Waals surface area contributed by atoms with Crippen LogP contribution in [-0.2, 0) is 19.4 Å². The van der Waals surface area contributed by atoms with Crippen LogP contribution in [-0.4, -0.2) is 38.8 Å². The summed E-state index contributed by atoms with van der Waals surface area (Å²) in [4.78, 5) is 22.6. The van der Waals surface area contributed by atoms with E-state index in [4.69, 9.17) is 11.6 Å². The van der Waals surface area contributed by atoms with Gasteiger partial charge in [-0.05, 0) is 12.1 Å². The van der Waals surface area contributed by atoms with E-state index in [1.54, 1.807) is 12.1 Å². The van der Waals surface area contributed by atoms with E-state index in [-0.39, 0.29) is 10.6 Å². The van der Waals surface area contributed by atoms with Crippen molar-refractivity contribution in [1.82, 2.24) is 0 Å². The Hall–Kier alpha value is -1.40. The molecule has 0 saturated carbocycles. The Morgan fingerprint density at radius 2 is 1.83 bits per heavy atom. The zero-order valence-corrected chi connectivity index (χ0v) is 11.1. The van der Waals surface area contributed by atoms with Crippen molar-refractivity contribution in [3.63, 3.8) is 0 Å². The minimum atomic E-state index is -3.84. The molecule has 18 heavy (non-hydrogen) atoms. The molecular weight excluding hydrogens is 280 g/mol. The van der Waals surface area contributed by atoms with Gasteiger partial charge in [0.15, 0.2) is 15.6 Å². The minimum absolute atomic E-state index is 0.118. The lowest BCUT2D eigenvalue weighted by Crippen LogP contribution is -2.24. The average molecular weight is 291 g/mol. The van der Waals surface area contributed by atoms with Gasteiger partial charge in [0.25, 0.3) is 0 Å². The van der Waals surface area contributed by atoms with Crippen LogP contribution in [0.15, 0.2) is 24.3 Å². The number of benzene rings is 1. The van der Waals surface area contributed by atoms with Gasteiger partial charge in [-0.3, -0.25) is 9.59 Å². The predicted molar refractivity (Wildman–Crippen MR) is 66.5 cm³/mol. The maximum absolute atomic E-state index is 11.7. The summed E-state index contributed by atoms with van der Waals surface area (Å²) in [5, 5.41) is 0.177. The molecule has 0 fully saturated rings. The minimum Gasteiger partial charge on any atom is -0.468 e. The number of hydrogen-bond acceptors (Lipinski definition) is 5. The number of carbonyl (C=O) groups excluding carboxylic acids is 2. The van der Waals surface area contributed by atoms with Gasteiger partial charge in [0.05, 0.1) is 12.1 Å². The fourth-order valence-electron chi connectivity index (χ4n) is 1.25. The van der Waals surface area contributed by atoms with E-state index in [1.165, 1.54) is 12.1 Å². The first-order valence-corrected chi connectivity index (χ1v) is 7.10. The highest BCUT2D eigenvalue weighted by molar-refractivity contribution is 7.92. The molecule has 98 valence electrons. The lowest BCUT2D eigenvalue weighted by molar-refractivity contribution is -0.137. The topological polar surface area (TPSA) is 77.5 Å². The molecule has 0 N–H and O–H groups in total. The third-order valence-electron chi connectivity index (χ3n) is 2.09. The van der Waals surface area contributed by atoms with Gasteiger partial charge in [0.2, 0.25) is 0 Å². The molecule has 0 heterocycles. The number of halogens is 1. The largest absolute Gasteiger partial charge is 0.468 e. The van der Waals surface area contributed by atoms with E-state index in [1.807, 2.05) is 0 Å². The van der Waals surface area contributed by atoms with Gasteiger partial charge in [-0.25, -0.2) is 8.42 Å². The molecule has 0 spiro atoms. The van der Waals surface area contributed by atoms with Gasteiger partial charge in [0.1, 0.15) is 11.5 Å². The van der Waals surface area contributed by atoms with Crippen LogP contribution in [0.3, 0.4) is 0 Å².